The van der Waals surface area contributed by atoms with Crippen molar-refractivity contribution in [2.45, 2.75) is 25.9 Å². The van der Waals surface area contributed by atoms with Crippen LogP contribution in [0.2, 0.25) is 0 Å². The second-order valence-electron chi connectivity index (χ2n) is 8.85. The maximum atomic E-state index is 12.6. The van der Waals surface area contributed by atoms with Crippen molar-refractivity contribution in [2.75, 3.05) is 47.7 Å². The number of carbonyl (C=O) groups is 1. The first-order valence-electron chi connectivity index (χ1n) is 11.4. The number of aromatic nitrogens is 2. The van der Waals surface area contributed by atoms with Gasteiger partial charge in [0.1, 0.15) is 11.4 Å². The van der Waals surface area contributed by atoms with Crippen LogP contribution < -0.4 is 30.5 Å². The third-order valence-electron chi connectivity index (χ3n) is 6.18. The fourth-order valence-corrected chi connectivity index (χ4v) is 4.71. The Labute approximate surface area is 199 Å². The first-order valence-corrected chi connectivity index (χ1v) is 11.4. The molecule has 2 atom stereocenters. The monoisotopic (exact) mass is 459 g/mol. The van der Waals surface area contributed by atoms with Gasteiger partial charge in [0.15, 0.2) is 5.82 Å². The summed E-state index contributed by atoms with van der Waals surface area (Å²) < 4.78 is 5.72. The zero-order valence-corrected chi connectivity index (χ0v) is 19.8. The Morgan fingerprint density at radius 3 is 2.62 bits per heavy atom. The van der Waals surface area contributed by atoms with E-state index >= 15 is 0 Å². The van der Waals surface area contributed by atoms with Gasteiger partial charge in [-0.2, -0.15) is 4.98 Å². The van der Waals surface area contributed by atoms with Crippen LogP contribution in [0, 0.1) is 0 Å². The summed E-state index contributed by atoms with van der Waals surface area (Å²) in [6.07, 6.45) is 1.63. The lowest BCUT2D eigenvalue weighted by atomic mass is 10.1. The largest absolute Gasteiger partial charge is 0.495 e. The van der Waals surface area contributed by atoms with Crippen LogP contribution in [0.3, 0.4) is 0 Å². The molecule has 5 rings (SSSR count). The van der Waals surface area contributed by atoms with Gasteiger partial charge in [0, 0.05) is 44.0 Å². The first kappa shape index (κ1) is 22.0. The highest BCUT2D eigenvalue weighted by molar-refractivity contribution is 6.11. The van der Waals surface area contributed by atoms with Crippen molar-refractivity contribution in [3.05, 3.63) is 54.2 Å². The molecule has 3 heterocycles. The predicted octanol–water partition coefficient (Wildman–Crippen LogP) is 3.75. The molecular weight excluding hydrogens is 430 g/mol. The van der Waals surface area contributed by atoms with Crippen LogP contribution in [-0.4, -0.2) is 55.2 Å². The second-order valence-corrected chi connectivity index (χ2v) is 8.85. The van der Waals surface area contributed by atoms with Gasteiger partial charge < -0.3 is 30.5 Å². The molecule has 9 heteroatoms. The van der Waals surface area contributed by atoms with Crippen molar-refractivity contribution in [2.24, 2.45) is 0 Å². The molecule has 0 saturated carbocycles. The Hall–Kier alpha value is -3.85. The van der Waals surface area contributed by atoms with Gasteiger partial charge in [-0.15, -0.1) is 0 Å². The third-order valence-corrected chi connectivity index (χ3v) is 6.18. The number of para-hydroxylation sites is 1. The molecule has 2 aliphatic heterocycles. The van der Waals surface area contributed by atoms with Gasteiger partial charge in [-0.3, -0.25) is 4.79 Å². The number of fused-ring (bicyclic) bond motifs is 2. The maximum Gasteiger partial charge on any atom is 0.257 e. The Balaban J connectivity index is 1.42. The van der Waals surface area contributed by atoms with Gasteiger partial charge in [-0.1, -0.05) is 12.1 Å². The topological polar surface area (TPSA) is 94.6 Å². The van der Waals surface area contributed by atoms with E-state index in [0.29, 0.717) is 35.1 Å². The predicted molar refractivity (Wildman–Crippen MR) is 135 cm³/mol. The highest BCUT2D eigenvalue weighted by Gasteiger charge is 2.25. The van der Waals surface area contributed by atoms with E-state index in [2.05, 4.69) is 45.7 Å². The van der Waals surface area contributed by atoms with Gasteiger partial charge in [0.25, 0.3) is 5.91 Å². The molecule has 0 bridgehead atoms. The molecule has 176 valence electrons. The van der Waals surface area contributed by atoms with Crippen molar-refractivity contribution in [3.63, 3.8) is 0 Å². The summed E-state index contributed by atoms with van der Waals surface area (Å²) >= 11 is 0. The van der Waals surface area contributed by atoms with E-state index in [1.807, 2.05) is 42.3 Å². The minimum atomic E-state index is -0.178. The van der Waals surface area contributed by atoms with Crippen LogP contribution in [-0.2, 0) is 0 Å². The van der Waals surface area contributed by atoms with Crippen molar-refractivity contribution in [1.29, 1.82) is 0 Å². The molecule has 1 fully saturated rings. The molecular formula is C25H29N7O2. The molecule has 1 aromatic heterocycles. The fraction of sp³-hybridized carbons (Fsp3) is 0.320. The Morgan fingerprint density at radius 1 is 1.09 bits per heavy atom. The number of amides is 1. The molecule has 3 aromatic rings. The quantitative estimate of drug-likeness (QED) is 0.543. The average Bonchev–Trinajstić information content (AvgIpc) is 2.93. The molecule has 2 aliphatic rings. The Bertz CT molecular complexity index is 1220. The van der Waals surface area contributed by atoms with E-state index in [-0.39, 0.29) is 5.91 Å². The van der Waals surface area contributed by atoms with E-state index in [1.54, 1.807) is 19.4 Å². The zero-order chi connectivity index (χ0) is 23.8. The molecule has 2 aromatic carbocycles. The molecule has 1 amide bonds. The summed E-state index contributed by atoms with van der Waals surface area (Å²) in [5.74, 6) is 1.66. The third kappa shape index (κ3) is 4.10. The van der Waals surface area contributed by atoms with Crippen LogP contribution in [0.25, 0.3) is 0 Å². The number of ether oxygens (including phenoxy) is 1. The van der Waals surface area contributed by atoms with Gasteiger partial charge in [-0.25, -0.2) is 4.98 Å². The summed E-state index contributed by atoms with van der Waals surface area (Å²) in [6.45, 7) is 6.22. The zero-order valence-electron chi connectivity index (χ0n) is 19.8. The normalized spacial score (nSPS) is 19.6. The van der Waals surface area contributed by atoms with E-state index in [1.165, 1.54) is 0 Å². The summed E-state index contributed by atoms with van der Waals surface area (Å²) in [5.41, 5.74) is 3.82. The Morgan fingerprint density at radius 2 is 1.85 bits per heavy atom. The van der Waals surface area contributed by atoms with Gasteiger partial charge in [0.05, 0.1) is 30.2 Å². The van der Waals surface area contributed by atoms with Crippen LogP contribution in [0.1, 0.15) is 24.2 Å². The highest BCUT2D eigenvalue weighted by Crippen LogP contribution is 2.36. The number of carbonyl (C=O) groups excluding carboxylic acids is 1. The number of rotatable bonds is 4. The molecule has 0 radical (unpaired) electrons. The van der Waals surface area contributed by atoms with Gasteiger partial charge in [0.2, 0.25) is 5.95 Å². The number of nitrogens with one attached hydrogen (secondary N) is 3. The fourth-order valence-electron chi connectivity index (χ4n) is 4.71. The molecule has 1 saturated heterocycles. The SMILES string of the molecule is COc1cc(Nc2ncc3c(n2)N(C)c2ccccc2C(=O)N3)ccc1N1C[C@@H](C)N[C@@H](C)C1. The van der Waals surface area contributed by atoms with E-state index in [0.717, 1.165) is 35.9 Å². The van der Waals surface area contributed by atoms with Crippen molar-refractivity contribution in [3.8, 4) is 5.75 Å². The number of hydrogen-bond acceptors (Lipinski definition) is 8. The number of piperazine rings is 1. The summed E-state index contributed by atoms with van der Waals surface area (Å²) in [4.78, 5) is 26.0. The van der Waals surface area contributed by atoms with Gasteiger partial charge >= 0.3 is 0 Å². The maximum absolute atomic E-state index is 12.6. The van der Waals surface area contributed by atoms with Gasteiger partial charge in [-0.05, 0) is 38.1 Å². The van der Waals surface area contributed by atoms with Crippen LogP contribution in [0.5, 0.6) is 5.75 Å². The minimum absolute atomic E-state index is 0.178. The second kappa shape index (κ2) is 8.83. The van der Waals surface area contributed by atoms with Crippen LogP contribution in [0.15, 0.2) is 48.7 Å². The van der Waals surface area contributed by atoms with E-state index in [9.17, 15) is 4.79 Å². The molecule has 0 unspecified atom stereocenters. The molecule has 0 aliphatic carbocycles. The van der Waals surface area contributed by atoms with Crippen LogP contribution >= 0.6 is 0 Å². The molecule has 34 heavy (non-hydrogen) atoms. The summed E-state index contributed by atoms with van der Waals surface area (Å²) in [6, 6.07) is 14.3. The van der Waals surface area contributed by atoms with E-state index < -0.39 is 0 Å². The molecule has 3 N–H and O–H groups in total. The number of nitrogens with zero attached hydrogens (tertiary/aromatic N) is 4. The lowest BCUT2D eigenvalue weighted by molar-refractivity contribution is 0.102. The standard InChI is InChI=1S/C25H29N7O2/c1-15-13-32(14-16(2)27-15)21-10-9-17(11-22(21)34-4)28-25-26-12-19-23(30-25)31(3)20-8-6-5-7-18(20)24(33)29-19/h5-12,15-16,27H,13-14H2,1-4H3,(H,29,33)(H,26,28,30)/t15-,16+. The number of anilines is 6. The first-order chi connectivity index (χ1) is 16.4. The highest BCUT2D eigenvalue weighted by atomic mass is 16.5. The summed E-state index contributed by atoms with van der Waals surface area (Å²) in [5, 5.41) is 9.75. The van der Waals surface area contributed by atoms with Crippen molar-refractivity contribution < 1.29 is 9.53 Å². The molecule has 0 spiro atoms. The number of methoxy groups -OCH3 is 1. The lowest BCUT2D eigenvalue weighted by Gasteiger charge is -2.38. The average molecular weight is 460 g/mol. The number of hydrogen-bond donors (Lipinski definition) is 3. The number of benzene rings is 2. The minimum Gasteiger partial charge on any atom is -0.495 e. The summed E-state index contributed by atoms with van der Waals surface area (Å²) in [7, 11) is 3.58. The Kier molecular flexibility index (Phi) is 5.70. The van der Waals surface area contributed by atoms with E-state index in [4.69, 9.17) is 9.72 Å². The smallest absolute Gasteiger partial charge is 0.257 e. The lowest BCUT2D eigenvalue weighted by Crippen LogP contribution is -2.54. The van der Waals surface area contributed by atoms with Crippen LogP contribution in [0.4, 0.5) is 34.5 Å². The van der Waals surface area contributed by atoms with Crippen molar-refractivity contribution in [1.82, 2.24) is 15.3 Å². The molecule has 9 nitrogen and oxygen atoms in total. The van der Waals surface area contributed by atoms with Crippen molar-refractivity contribution >= 4 is 40.4 Å².